The second-order valence-corrected chi connectivity index (χ2v) is 5.89. The normalized spacial score (nSPS) is 10.9. The summed E-state index contributed by atoms with van der Waals surface area (Å²) in [5, 5.41) is 9.29. The van der Waals surface area contributed by atoms with Gasteiger partial charge in [0.1, 0.15) is 12.4 Å². The monoisotopic (exact) mass is 500 g/mol. The molecule has 0 radical (unpaired) electrons. The standard InChI is InChI=1S/C20H28N4O3.HI/c1-3-22-19(25)17-9-7-16(8-10-17)14-24-20(21-2)23-11-5-12-26-15-18-6-4-13-27-18;/h4,6-10,13H,3,5,11-12,14-15H2,1-2H3,(H,22,25)(H2,21,23,24);1H. The number of rotatable bonds is 10. The van der Waals surface area contributed by atoms with Gasteiger partial charge in [-0.05, 0) is 43.2 Å². The number of benzene rings is 1. The topological polar surface area (TPSA) is 87.9 Å². The van der Waals surface area contributed by atoms with Crippen molar-refractivity contribution in [3.05, 3.63) is 59.5 Å². The van der Waals surface area contributed by atoms with E-state index in [0.717, 1.165) is 30.2 Å². The van der Waals surface area contributed by atoms with E-state index < -0.39 is 0 Å². The molecule has 1 aromatic carbocycles. The molecule has 154 valence electrons. The molecule has 0 saturated heterocycles. The lowest BCUT2D eigenvalue weighted by Gasteiger charge is -2.12. The van der Waals surface area contributed by atoms with E-state index in [9.17, 15) is 4.79 Å². The van der Waals surface area contributed by atoms with Crippen molar-refractivity contribution in [3.63, 3.8) is 0 Å². The second kappa shape index (κ2) is 14.0. The van der Waals surface area contributed by atoms with Crippen molar-refractivity contribution in [3.8, 4) is 0 Å². The van der Waals surface area contributed by atoms with E-state index in [2.05, 4.69) is 20.9 Å². The van der Waals surface area contributed by atoms with Gasteiger partial charge in [0.25, 0.3) is 5.91 Å². The van der Waals surface area contributed by atoms with Crippen LogP contribution >= 0.6 is 24.0 Å². The third-order valence-electron chi connectivity index (χ3n) is 3.82. The molecule has 7 nitrogen and oxygen atoms in total. The molecule has 1 aromatic heterocycles. The van der Waals surface area contributed by atoms with E-state index in [1.165, 1.54) is 0 Å². The van der Waals surface area contributed by atoms with Crippen molar-refractivity contribution in [1.29, 1.82) is 0 Å². The highest BCUT2D eigenvalue weighted by Gasteiger charge is 2.04. The Bertz CT molecular complexity index is 703. The lowest BCUT2D eigenvalue weighted by atomic mass is 10.1. The molecule has 8 heteroatoms. The number of nitrogens with one attached hydrogen (secondary N) is 3. The van der Waals surface area contributed by atoms with Crippen molar-refractivity contribution in [2.75, 3.05) is 26.7 Å². The molecule has 0 aliphatic rings. The zero-order chi connectivity index (χ0) is 19.3. The summed E-state index contributed by atoms with van der Waals surface area (Å²) in [5.41, 5.74) is 1.74. The summed E-state index contributed by atoms with van der Waals surface area (Å²) < 4.78 is 10.8. The van der Waals surface area contributed by atoms with E-state index in [-0.39, 0.29) is 29.9 Å². The van der Waals surface area contributed by atoms with Gasteiger partial charge in [0.2, 0.25) is 0 Å². The molecule has 0 unspecified atom stereocenters. The summed E-state index contributed by atoms with van der Waals surface area (Å²) in [4.78, 5) is 16.0. The van der Waals surface area contributed by atoms with Crippen LogP contribution in [0.25, 0.3) is 0 Å². The molecule has 0 aliphatic heterocycles. The SMILES string of the molecule is CCNC(=O)c1ccc(CNC(=NC)NCCCOCc2ccco2)cc1.I. The summed E-state index contributed by atoms with van der Waals surface area (Å²) in [6.45, 7) is 5.05. The Morgan fingerprint density at radius 2 is 1.93 bits per heavy atom. The van der Waals surface area contributed by atoms with Gasteiger partial charge in [-0.25, -0.2) is 0 Å². The number of hydrogen-bond donors (Lipinski definition) is 3. The lowest BCUT2D eigenvalue weighted by molar-refractivity contribution is 0.0956. The maximum Gasteiger partial charge on any atom is 0.251 e. The smallest absolute Gasteiger partial charge is 0.251 e. The van der Waals surface area contributed by atoms with Gasteiger partial charge in [-0.2, -0.15) is 0 Å². The molecular formula is C20H29IN4O3. The second-order valence-electron chi connectivity index (χ2n) is 5.89. The van der Waals surface area contributed by atoms with E-state index in [0.29, 0.717) is 31.9 Å². The Labute approximate surface area is 183 Å². The number of aliphatic imine (C=N–C) groups is 1. The first-order chi connectivity index (χ1) is 13.2. The molecule has 3 N–H and O–H groups in total. The van der Waals surface area contributed by atoms with E-state index in [4.69, 9.17) is 9.15 Å². The maximum absolute atomic E-state index is 11.8. The number of ether oxygens (including phenoxy) is 1. The predicted octanol–water partition coefficient (Wildman–Crippen LogP) is 2.92. The zero-order valence-corrected chi connectivity index (χ0v) is 18.7. The minimum absolute atomic E-state index is 0. The molecular weight excluding hydrogens is 471 g/mol. The number of amides is 1. The fraction of sp³-hybridized carbons (Fsp3) is 0.400. The minimum Gasteiger partial charge on any atom is -0.467 e. The number of hydrogen-bond acceptors (Lipinski definition) is 4. The first kappa shape index (κ1) is 24.0. The van der Waals surface area contributed by atoms with Crippen LogP contribution in [0.2, 0.25) is 0 Å². The van der Waals surface area contributed by atoms with Gasteiger partial charge in [-0.3, -0.25) is 9.79 Å². The molecule has 0 atom stereocenters. The largest absolute Gasteiger partial charge is 0.467 e. The van der Waals surface area contributed by atoms with Crippen LogP contribution in [0, 0.1) is 0 Å². The van der Waals surface area contributed by atoms with Gasteiger partial charge in [0.05, 0.1) is 6.26 Å². The molecule has 28 heavy (non-hydrogen) atoms. The van der Waals surface area contributed by atoms with Crippen LogP contribution in [-0.4, -0.2) is 38.6 Å². The van der Waals surface area contributed by atoms with Crippen molar-refractivity contribution >= 4 is 35.8 Å². The minimum atomic E-state index is -0.0521. The van der Waals surface area contributed by atoms with Crippen LogP contribution in [0.15, 0.2) is 52.1 Å². The Morgan fingerprint density at radius 3 is 2.57 bits per heavy atom. The van der Waals surface area contributed by atoms with Crippen molar-refractivity contribution in [1.82, 2.24) is 16.0 Å². The van der Waals surface area contributed by atoms with Gasteiger partial charge < -0.3 is 25.1 Å². The molecule has 0 spiro atoms. The Hall–Kier alpha value is -2.07. The van der Waals surface area contributed by atoms with Gasteiger partial charge >= 0.3 is 0 Å². The maximum atomic E-state index is 11.8. The van der Waals surface area contributed by atoms with E-state index in [1.807, 2.05) is 43.3 Å². The van der Waals surface area contributed by atoms with Gasteiger partial charge in [-0.1, -0.05) is 12.1 Å². The summed E-state index contributed by atoms with van der Waals surface area (Å²) in [6, 6.07) is 11.3. The predicted molar refractivity (Wildman–Crippen MR) is 121 cm³/mol. The summed E-state index contributed by atoms with van der Waals surface area (Å²) >= 11 is 0. The quantitative estimate of drug-likeness (QED) is 0.202. The van der Waals surface area contributed by atoms with E-state index in [1.54, 1.807) is 13.3 Å². The summed E-state index contributed by atoms with van der Waals surface area (Å²) in [7, 11) is 1.74. The van der Waals surface area contributed by atoms with Crippen molar-refractivity contribution in [2.24, 2.45) is 4.99 Å². The third kappa shape index (κ3) is 8.75. The summed E-state index contributed by atoms with van der Waals surface area (Å²) in [5.74, 6) is 1.51. The highest BCUT2D eigenvalue weighted by Crippen LogP contribution is 2.04. The molecule has 0 aliphatic carbocycles. The van der Waals surface area contributed by atoms with Crippen LogP contribution < -0.4 is 16.0 Å². The lowest BCUT2D eigenvalue weighted by Crippen LogP contribution is -2.37. The average molecular weight is 500 g/mol. The first-order valence-corrected chi connectivity index (χ1v) is 9.14. The Kier molecular flexibility index (Phi) is 12.0. The van der Waals surface area contributed by atoms with Gasteiger partial charge in [-0.15, -0.1) is 24.0 Å². The molecule has 0 fully saturated rings. The van der Waals surface area contributed by atoms with Crippen LogP contribution in [0.5, 0.6) is 0 Å². The molecule has 2 rings (SSSR count). The van der Waals surface area contributed by atoms with Crippen LogP contribution in [0.1, 0.15) is 35.0 Å². The van der Waals surface area contributed by atoms with Crippen LogP contribution in [-0.2, 0) is 17.9 Å². The Balaban J connectivity index is 0.00000392. The molecule has 1 amide bonds. The highest BCUT2D eigenvalue weighted by molar-refractivity contribution is 14.0. The van der Waals surface area contributed by atoms with Gasteiger partial charge in [0, 0.05) is 38.9 Å². The molecule has 2 aromatic rings. The molecule has 1 heterocycles. The van der Waals surface area contributed by atoms with Crippen LogP contribution in [0.4, 0.5) is 0 Å². The average Bonchev–Trinajstić information content (AvgIpc) is 3.21. The van der Waals surface area contributed by atoms with E-state index >= 15 is 0 Å². The van der Waals surface area contributed by atoms with Crippen molar-refractivity contribution < 1.29 is 13.9 Å². The molecule has 0 bridgehead atoms. The number of furan rings is 1. The number of carbonyl (C=O) groups excluding carboxylic acids is 1. The number of carbonyl (C=O) groups is 1. The number of halogens is 1. The number of nitrogens with zero attached hydrogens (tertiary/aromatic N) is 1. The number of guanidine groups is 1. The fourth-order valence-electron chi connectivity index (χ4n) is 2.39. The zero-order valence-electron chi connectivity index (χ0n) is 16.4. The molecule has 0 saturated carbocycles. The summed E-state index contributed by atoms with van der Waals surface area (Å²) in [6.07, 6.45) is 2.51. The Morgan fingerprint density at radius 1 is 1.14 bits per heavy atom. The fourth-order valence-corrected chi connectivity index (χ4v) is 2.39. The van der Waals surface area contributed by atoms with Crippen LogP contribution in [0.3, 0.4) is 0 Å². The first-order valence-electron chi connectivity index (χ1n) is 9.14. The van der Waals surface area contributed by atoms with Gasteiger partial charge in [0.15, 0.2) is 5.96 Å². The van der Waals surface area contributed by atoms with Crippen molar-refractivity contribution in [2.45, 2.75) is 26.5 Å². The third-order valence-corrected chi connectivity index (χ3v) is 3.82. The highest BCUT2D eigenvalue weighted by atomic mass is 127.